The Hall–Kier alpha value is 1.54. The molecule has 0 saturated carbocycles. The molecule has 6 heteroatoms. The fourth-order valence-electron chi connectivity index (χ4n) is 1.10. The Morgan fingerprint density at radius 2 is 1.69 bits per heavy atom. The Kier molecular flexibility index (Phi) is 16.1. The van der Waals surface area contributed by atoms with E-state index in [4.69, 9.17) is 16.3 Å². The van der Waals surface area contributed by atoms with Gasteiger partial charge in [-0.3, -0.25) is 0 Å². The molecule has 0 amide bonds. The van der Waals surface area contributed by atoms with Crippen molar-refractivity contribution in [1.82, 2.24) is 0 Å². The summed E-state index contributed by atoms with van der Waals surface area (Å²) in [5.74, 6) is 0.926. The van der Waals surface area contributed by atoms with Gasteiger partial charge in [0.25, 0.3) is 0 Å². The van der Waals surface area contributed by atoms with Gasteiger partial charge in [0.1, 0.15) is 0 Å². The molecule has 0 rings (SSSR count). The van der Waals surface area contributed by atoms with Crippen molar-refractivity contribution in [2.75, 3.05) is 12.4 Å². The minimum absolute atomic E-state index is 0. The van der Waals surface area contributed by atoms with Gasteiger partial charge in [-0.05, 0) is 24.6 Å². The first-order valence-electron chi connectivity index (χ1n) is 5.74. The SMILES string of the molecule is CCCCCOP(O)(=S)SCCCCC.[Zn]. The zero-order chi connectivity index (χ0) is 11.6. The Balaban J connectivity index is 0. The summed E-state index contributed by atoms with van der Waals surface area (Å²) in [5, 5.41) is 0. The fraction of sp³-hybridized carbons (Fsp3) is 1.00. The van der Waals surface area contributed by atoms with Crippen molar-refractivity contribution in [3.05, 3.63) is 0 Å². The van der Waals surface area contributed by atoms with E-state index in [2.05, 4.69) is 13.8 Å². The summed E-state index contributed by atoms with van der Waals surface area (Å²) in [6.45, 7) is 4.93. The molecule has 0 aromatic heterocycles. The van der Waals surface area contributed by atoms with E-state index in [1.807, 2.05) is 0 Å². The van der Waals surface area contributed by atoms with Crippen molar-refractivity contribution in [3.63, 3.8) is 0 Å². The summed E-state index contributed by atoms with van der Waals surface area (Å²) < 4.78 is 5.36. The maximum Gasteiger partial charge on any atom is 0.244 e. The quantitative estimate of drug-likeness (QED) is 0.365. The average molecular weight is 336 g/mol. The van der Waals surface area contributed by atoms with E-state index in [1.54, 1.807) is 0 Å². The normalized spacial score (nSPS) is 14.2. The third-order valence-electron chi connectivity index (χ3n) is 2.00. The predicted octanol–water partition coefficient (Wildman–Crippen LogP) is 4.33. The molecule has 0 aromatic rings. The fourth-order valence-corrected chi connectivity index (χ4v) is 4.52. The first-order valence-corrected chi connectivity index (χ1v) is 10.0. The topological polar surface area (TPSA) is 29.5 Å². The molecule has 0 aliphatic rings. The molecule has 0 aliphatic heterocycles. The van der Waals surface area contributed by atoms with Gasteiger partial charge in [0.2, 0.25) is 5.69 Å². The van der Waals surface area contributed by atoms with Crippen LogP contribution in [0.15, 0.2) is 0 Å². The molecule has 1 unspecified atom stereocenters. The molecule has 0 spiro atoms. The van der Waals surface area contributed by atoms with E-state index in [0.717, 1.165) is 25.0 Å². The van der Waals surface area contributed by atoms with Crippen molar-refractivity contribution in [2.45, 2.75) is 52.4 Å². The van der Waals surface area contributed by atoms with Crippen LogP contribution in [0.1, 0.15) is 52.4 Å². The van der Waals surface area contributed by atoms with Crippen LogP contribution < -0.4 is 0 Å². The number of unbranched alkanes of at least 4 members (excludes halogenated alkanes) is 4. The van der Waals surface area contributed by atoms with Crippen LogP contribution in [0.5, 0.6) is 0 Å². The summed E-state index contributed by atoms with van der Waals surface area (Å²) in [6, 6.07) is 0. The van der Waals surface area contributed by atoms with Crippen LogP contribution in [-0.2, 0) is 35.8 Å². The summed E-state index contributed by atoms with van der Waals surface area (Å²) in [4.78, 5) is 9.78. The van der Waals surface area contributed by atoms with Gasteiger partial charge in [0.15, 0.2) is 0 Å². The van der Waals surface area contributed by atoms with Gasteiger partial charge >= 0.3 is 0 Å². The zero-order valence-electron chi connectivity index (χ0n) is 10.5. The summed E-state index contributed by atoms with van der Waals surface area (Å²) >= 11 is 6.49. The summed E-state index contributed by atoms with van der Waals surface area (Å²) in [7, 11) is 0. The van der Waals surface area contributed by atoms with Crippen molar-refractivity contribution in [1.29, 1.82) is 0 Å². The summed E-state index contributed by atoms with van der Waals surface area (Å²) in [6.07, 6.45) is 6.85. The Labute approximate surface area is 122 Å². The minimum Gasteiger partial charge on any atom is -0.337 e. The van der Waals surface area contributed by atoms with E-state index in [-0.39, 0.29) is 19.5 Å². The third-order valence-corrected chi connectivity index (χ3v) is 6.42. The average Bonchev–Trinajstić information content (AvgIpc) is 2.20. The molecule has 0 radical (unpaired) electrons. The van der Waals surface area contributed by atoms with Crippen LogP contribution in [0.2, 0.25) is 0 Å². The van der Waals surface area contributed by atoms with Gasteiger partial charge in [-0.1, -0.05) is 50.9 Å². The van der Waals surface area contributed by atoms with E-state index >= 15 is 0 Å². The molecular formula is C10H23O2PS2Zn. The van der Waals surface area contributed by atoms with Gasteiger partial charge in [-0.15, -0.1) is 0 Å². The number of hydrogen-bond acceptors (Lipinski definition) is 3. The molecule has 2 nitrogen and oxygen atoms in total. The number of hydrogen-bond donors (Lipinski definition) is 1. The second-order valence-electron chi connectivity index (χ2n) is 3.55. The van der Waals surface area contributed by atoms with Gasteiger partial charge in [0.05, 0.1) is 6.61 Å². The van der Waals surface area contributed by atoms with E-state index < -0.39 is 5.69 Å². The first kappa shape index (κ1) is 19.9. The van der Waals surface area contributed by atoms with E-state index in [0.29, 0.717) is 6.61 Å². The standard InChI is InChI=1S/C10H23O2PS2.Zn/c1-3-5-7-9-12-13(11,14)15-10-8-6-4-2;/h3-10H2,1-2H3,(H,11,14);. The summed E-state index contributed by atoms with van der Waals surface area (Å²) in [5.41, 5.74) is -2.52. The first-order chi connectivity index (χ1) is 7.12. The Bertz CT molecular complexity index is 178. The van der Waals surface area contributed by atoms with Crippen molar-refractivity contribution in [3.8, 4) is 0 Å². The minimum atomic E-state index is -2.52. The second-order valence-corrected chi connectivity index (χ2v) is 9.85. The van der Waals surface area contributed by atoms with E-state index in [1.165, 1.54) is 30.6 Å². The molecule has 0 bridgehead atoms. The smallest absolute Gasteiger partial charge is 0.244 e. The van der Waals surface area contributed by atoms with Crippen molar-refractivity contribution in [2.24, 2.45) is 0 Å². The third kappa shape index (κ3) is 13.6. The maximum absolute atomic E-state index is 9.78. The van der Waals surface area contributed by atoms with Crippen LogP contribution in [0.3, 0.4) is 0 Å². The molecule has 0 aliphatic carbocycles. The van der Waals surface area contributed by atoms with Gasteiger partial charge in [-0.25, -0.2) is 0 Å². The molecule has 0 fully saturated rings. The molecule has 0 saturated heterocycles. The van der Waals surface area contributed by atoms with Crippen LogP contribution in [0, 0.1) is 0 Å². The molecule has 0 aromatic carbocycles. The van der Waals surface area contributed by atoms with Gasteiger partial charge < -0.3 is 9.42 Å². The van der Waals surface area contributed by atoms with Gasteiger partial charge in [0, 0.05) is 25.2 Å². The number of rotatable bonds is 10. The Morgan fingerprint density at radius 1 is 1.12 bits per heavy atom. The van der Waals surface area contributed by atoms with Crippen LogP contribution >= 0.6 is 17.1 Å². The van der Waals surface area contributed by atoms with Gasteiger partial charge in [-0.2, -0.15) is 0 Å². The van der Waals surface area contributed by atoms with Crippen molar-refractivity contribution >= 4 is 28.9 Å². The molecule has 1 N–H and O–H groups in total. The molecular weight excluding hydrogens is 313 g/mol. The molecule has 0 heterocycles. The van der Waals surface area contributed by atoms with Crippen LogP contribution in [0.4, 0.5) is 0 Å². The van der Waals surface area contributed by atoms with Crippen molar-refractivity contribution < 1.29 is 28.9 Å². The largest absolute Gasteiger partial charge is 0.337 e. The molecule has 94 valence electrons. The Morgan fingerprint density at radius 3 is 2.25 bits per heavy atom. The maximum atomic E-state index is 9.78. The zero-order valence-corrected chi connectivity index (χ0v) is 16.0. The molecule has 16 heavy (non-hydrogen) atoms. The van der Waals surface area contributed by atoms with E-state index in [9.17, 15) is 4.89 Å². The second kappa shape index (κ2) is 13.0. The monoisotopic (exact) mass is 334 g/mol. The molecule has 1 atom stereocenters. The predicted molar refractivity (Wildman–Crippen MR) is 74.0 cm³/mol. The van der Waals surface area contributed by atoms with Crippen LogP contribution in [0.25, 0.3) is 0 Å². The van der Waals surface area contributed by atoms with Crippen LogP contribution in [-0.4, -0.2) is 17.3 Å².